The predicted octanol–water partition coefficient (Wildman–Crippen LogP) is 5.88. The van der Waals surface area contributed by atoms with Gasteiger partial charge in [0.15, 0.2) is 0 Å². The average Bonchev–Trinajstić information content (AvgIpc) is 2.54. The van der Waals surface area contributed by atoms with E-state index >= 15 is 0 Å². The molecule has 0 aromatic heterocycles. The fourth-order valence-corrected chi connectivity index (χ4v) is 3.09. The Bertz CT molecular complexity index is 661. The number of hydrogen-bond donors (Lipinski definition) is 1. The molecule has 0 aliphatic rings. The van der Waals surface area contributed by atoms with Gasteiger partial charge in [0.05, 0.1) is 6.04 Å². The monoisotopic (exact) mass is 341 g/mol. The molecule has 2 atom stereocenters. The van der Waals surface area contributed by atoms with Crippen LogP contribution in [0.3, 0.4) is 0 Å². The second-order valence-corrected chi connectivity index (χ2v) is 7.94. The standard InChI is InChI=1S/C22H31NO2/c1-16(2)21(18-11-8-7-9-12-18)23(22(4,5)6)25-17(3)19-13-10-14-20(24)15-19/h7-17,21,24H,1-6H3. The van der Waals surface area contributed by atoms with Gasteiger partial charge in [0.1, 0.15) is 11.9 Å². The summed E-state index contributed by atoms with van der Waals surface area (Å²) in [5, 5.41) is 11.9. The molecule has 0 saturated heterocycles. The van der Waals surface area contributed by atoms with Gasteiger partial charge in [-0.1, -0.05) is 56.3 Å². The van der Waals surface area contributed by atoms with E-state index in [0.717, 1.165) is 5.56 Å². The average molecular weight is 341 g/mol. The molecule has 0 amide bonds. The van der Waals surface area contributed by atoms with Crippen LogP contribution in [-0.4, -0.2) is 15.7 Å². The fourth-order valence-electron chi connectivity index (χ4n) is 3.09. The molecule has 0 heterocycles. The molecule has 2 unspecified atom stereocenters. The van der Waals surface area contributed by atoms with E-state index in [9.17, 15) is 5.11 Å². The molecule has 1 N–H and O–H groups in total. The van der Waals surface area contributed by atoms with Gasteiger partial charge in [0.25, 0.3) is 0 Å². The molecule has 0 saturated carbocycles. The van der Waals surface area contributed by atoms with Gasteiger partial charge in [-0.15, -0.1) is 0 Å². The maximum Gasteiger partial charge on any atom is 0.115 e. The van der Waals surface area contributed by atoms with Crippen molar-refractivity contribution in [3.8, 4) is 5.75 Å². The molecule has 3 nitrogen and oxygen atoms in total. The predicted molar refractivity (Wildman–Crippen MR) is 103 cm³/mol. The number of hydroxylamine groups is 2. The van der Waals surface area contributed by atoms with Crippen molar-refractivity contribution in [2.45, 2.75) is 59.2 Å². The third kappa shape index (κ3) is 5.07. The minimum absolute atomic E-state index is 0.140. The van der Waals surface area contributed by atoms with Crippen LogP contribution in [0.1, 0.15) is 64.8 Å². The highest BCUT2D eigenvalue weighted by Crippen LogP contribution is 2.37. The summed E-state index contributed by atoms with van der Waals surface area (Å²) in [6.45, 7) is 13.0. The largest absolute Gasteiger partial charge is 0.508 e. The number of benzene rings is 2. The number of rotatable bonds is 6. The fraction of sp³-hybridized carbons (Fsp3) is 0.455. The summed E-state index contributed by atoms with van der Waals surface area (Å²) in [6, 6.07) is 17.9. The number of nitrogens with zero attached hydrogens (tertiary/aromatic N) is 1. The molecule has 2 aromatic carbocycles. The van der Waals surface area contributed by atoms with Crippen LogP contribution < -0.4 is 0 Å². The van der Waals surface area contributed by atoms with E-state index in [-0.39, 0.29) is 23.4 Å². The van der Waals surface area contributed by atoms with Crippen molar-refractivity contribution in [3.63, 3.8) is 0 Å². The molecule has 3 heteroatoms. The first kappa shape index (κ1) is 19.5. The van der Waals surface area contributed by atoms with Crippen molar-refractivity contribution in [1.29, 1.82) is 0 Å². The minimum atomic E-state index is -0.171. The zero-order chi connectivity index (χ0) is 18.6. The summed E-state index contributed by atoms with van der Waals surface area (Å²) in [5.41, 5.74) is 2.04. The maximum absolute atomic E-state index is 9.76. The Hall–Kier alpha value is -1.84. The normalized spacial score (nSPS) is 14.7. The Morgan fingerprint density at radius 2 is 1.48 bits per heavy atom. The first-order chi connectivity index (χ1) is 11.7. The molecule has 2 rings (SSSR count). The van der Waals surface area contributed by atoms with Crippen LogP contribution in [0.4, 0.5) is 0 Å². The van der Waals surface area contributed by atoms with Gasteiger partial charge < -0.3 is 5.11 Å². The van der Waals surface area contributed by atoms with Crippen LogP contribution in [0.25, 0.3) is 0 Å². The number of aromatic hydroxyl groups is 1. The summed E-state index contributed by atoms with van der Waals surface area (Å²) in [4.78, 5) is 6.46. The zero-order valence-corrected chi connectivity index (χ0v) is 16.2. The maximum atomic E-state index is 9.76. The molecular weight excluding hydrogens is 310 g/mol. The topological polar surface area (TPSA) is 32.7 Å². The second kappa shape index (κ2) is 8.03. The van der Waals surface area contributed by atoms with Crippen molar-refractivity contribution in [1.82, 2.24) is 5.06 Å². The molecule has 0 radical (unpaired) electrons. The lowest BCUT2D eigenvalue weighted by Crippen LogP contribution is -2.46. The van der Waals surface area contributed by atoms with E-state index in [2.05, 4.69) is 63.9 Å². The van der Waals surface area contributed by atoms with Crippen LogP contribution in [0, 0.1) is 5.92 Å². The number of phenols is 1. The van der Waals surface area contributed by atoms with Gasteiger partial charge in [0, 0.05) is 5.54 Å². The van der Waals surface area contributed by atoms with Crippen molar-refractivity contribution in [3.05, 3.63) is 65.7 Å². The van der Waals surface area contributed by atoms with Gasteiger partial charge in [-0.05, 0) is 56.9 Å². The van der Waals surface area contributed by atoms with Gasteiger partial charge in [0.2, 0.25) is 0 Å². The molecule has 0 fully saturated rings. The molecule has 0 aliphatic carbocycles. The first-order valence-electron chi connectivity index (χ1n) is 9.00. The number of phenolic OH excluding ortho intramolecular Hbond substituents is 1. The Labute approximate surface area is 152 Å². The summed E-state index contributed by atoms with van der Waals surface area (Å²) < 4.78 is 0. The van der Waals surface area contributed by atoms with E-state index in [0.29, 0.717) is 5.92 Å². The van der Waals surface area contributed by atoms with Crippen molar-refractivity contribution in [2.24, 2.45) is 5.92 Å². The molecule has 0 aliphatic heterocycles. The van der Waals surface area contributed by atoms with Gasteiger partial charge in [-0.2, -0.15) is 5.06 Å². The summed E-state index contributed by atoms with van der Waals surface area (Å²) >= 11 is 0. The molecule has 25 heavy (non-hydrogen) atoms. The third-order valence-corrected chi connectivity index (χ3v) is 4.30. The van der Waals surface area contributed by atoms with Crippen LogP contribution in [-0.2, 0) is 4.84 Å². The van der Waals surface area contributed by atoms with E-state index in [1.807, 2.05) is 25.1 Å². The van der Waals surface area contributed by atoms with Gasteiger partial charge >= 0.3 is 0 Å². The van der Waals surface area contributed by atoms with Crippen LogP contribution in [0.5, 0.6) is 5.75 Å². The second-order valence-electron chi connectivity index (χ2n) is 7.94. The lowest BCUT2D eigenvalue weighted by Gasteiger charge is -2.44. The minimum Gasteiger partial charge on any atom is -0.508 e. The molecular formula is C22H31NO2. The van der Waals surface area contributed by atoms with Crippen molar-refractivity contribution >= 4 is 0 Å². The molecule has 0 spiro atoms. The van der Waals surface area contributed by atoms with E-state index < -0.39 is 0 Å². The summed E-state index contributed by atoms with van der Waals surface area (Å²) in [7, 11) is 0. The Morgan fingerprint density at radius 3 is 2.00 bits per heavy atom. The smallest absolute Gasteiger partial charge is 0.115 e. The summed E-state index contributed by atoms with van der Waals surface area (Å²) in [5.74, 6) is 0.650. The Morgan fingerprint density at radius 1 is 0.880 bits per heavy atom. The Balaban J connectivity index is 2.35. The van der Waals surface area contributed by atoms with Gasteiger partial charge in [-0.25, -0.2) is 0 Å². The molecule has 136 valence electrons. The highest BCUT2D eigenvalue weighted by molar-refractivity contribution is 5.28. The lowest BCUT2D eigenvalue weighted by atomic mass is 9.92. The quantitative estimate of drug-likeness (QED) is 0.666. The molecule has 0 bridgehead atoms. The lowest BCUT2D eigenvalue weighted by molar-refractivity contribution is -0.272. The molecule has 2 aromatic rings. The summed E-state index contributed by atoms with van der Waals surface area (Å²) in [6.07, 6.45) is -0.156. The zero-order valence-electron chi connectivity index (χ0n) is 16.2. The first-order valence-corrected chi connectivity index (χ1v) is 9.00. The van der Waals surface area contributed by atoms with Crippen LogP contribution in [0.2, 0.25) is 0 Å². The van der Waals surface area contributed by atoms with Gasteiger partial charge in [-0.3, -0.25) is 4.84 Å². The van der Waals surface area contributed by atoms with E-state index in [1.54, 1.807) is 12.1 Å². The van der Waals surface area contributed by atoms with E-state index in [4.69, 9.17) is 4.84 Å². The van der Waals surface area contributed by atoms with E-state index in [1.165, 1.54) is 5.56 Å². The third-order valence-electron chi connectivity index (χ3n) is 4.30. The van der Waals surface area contributed by atoms with Crippen LogP contribution in [0.15, 0.2) is 54.6 Å². The highest BCUT2D eigenvalue weighted by atomic mass is 16.7. The van der Waals surface area contributed by atoms with Crippen LogP contribution >= 0.6 is 0 Å². The SMILES string of the molecule is CC(ON(C(c1ccccc1)C(C)C)C(C)(C)C)c1cccc(O)c1. The Kier molecular flexibility index (Phi) is 6.26. The van der Waals surface area contributed by atoms with Crippen molar-refractivity contribution in [2.75, 3.05) is 0 Å². The van der Waals surface area contributed by atoms with Crippen molar-refractivity contribution < 1.29 is 9.94 Å². The number of hydrogen-bond acceptors (Lipinski definition) is 3. The highest BCUT2D eigenvalue weighted by Gasteiger charge is 2.34.